The quantitative estimate of drug-likeness (QED) is 0.654. The Morgan fingerprint density at radius 3 is 2.77 bits per heavy atom. The third-order valence-electron chi connectivity index (χ3n) is 3.17. The van der Waals surface area contributed by atoms with Crippen molar-refractivity contribution in [3.8, 4) is 12.3 Å². The maximum Gasteiger partial charge on any atom is 0.0240 e. The van der Waals surface area contributed by atoms with Gasteiger partial charge in [0.25, 0.3) is 0 Å². The van der Waals surface area contributed by atoms with Crippen molar-refractivity contribution in [2.24, 2.45) is 5.92 Å². The average molecular weight is 179 g/mol. The summed E-state index contributed by atoms with van der Waals surface area (Å²) in [7, 11) is 0. The fourth-order valence-corrected chi connectivity index (χ4v) is 2.16. The molecule has 1 saturated carbocycles. The first-order chi connectivity index (χ1) is 6.27. The predicted molar refractivity (Wildman–Crippen MR) is 57.5 cm³/mol. The molecule has 1 aliphatic carbocycles. The SMILES string of the molecule is C#CCC(CC)NC1CCCC1C. The topological polar surface area (TPSA) is 12.0 Å². The lowest BCUT2D eigenvalue weighted by atomic mass is 10.0. The minimum absolute atomic E-state index is 0.538. The molecule has 0 radical (unpaired) electrons. The van der Waals surface area contributed by atoms with E-state index in [-0.39, 0.29) is 0 Å². The van der Waals surface area contributed by atoms with E-state index in [9.17, 15) is 0 Å². The van der Waals surface area contributed by atoms with Crippen LogP contribution < -0.4 is 5.32 Å². The second kappa shape index (κ2) is 5.29. The zero-order chi connectivity index (χ0) is 9.68. The molecule has 1 N–H and O–H groups in total. The molecular formula is C12H21N. The molecule has 0 amide bonds. The van der Waals surface area contributed by atoms with Crippen molar-refractivity contribution >= 4 is 0 Å². The lowest BCUT2D eigenvalue weighted by Gasteiger charge is -2.23. The molecule has 0 aliphatic heterocycles. The maximum atomic E-state index is 5.32. The van der Waals surface area contributed by atoms with Crippen LogP contribution in [-0.2, 0) is 0 Å². The fraction of sp³-hybridized carbons (Fsp3) is 0.833. The summed E-state index contributed by atoms with van der Waals surface area (Å²) in [6, 6.07) is 1.26. The Labute approximate surface area is 82.3 Å². The number of hydrogen-bond donors (Lipinski definition) is 1. The van der Waals surface area contributed by atoms with E-state index in [2.05, 4.69) is 25.1 Å². The Hall–Kier alpha value is -0.480. The molecule has 1 fully saturated rings. The lowest BCUT2D eigenvalue weighted by Crippen LogP contribution is -2.39. The van der Waals surface area contributed by atoms with Gasteiger partial charge in [-0.15, -0.1) is 12.3 Å². The van der Waals surface area contributed by atoms with Gasteiger partial charge in [-0.1, -0.05) is 20.3 Å². The molecule has 13 heavy (non-hydrogen) atoms. The Morgan fingerprint density at radius 1 is 1.54 bits per heavy atom. The Bertz CT molecular complexity index is 180. The number of hydrogen-bond acceptors (Lipinski definition) is 1. The fourth-order valence-electron chi connectivity index (χ4n) is 2.16. The van der Waals surface area contributed by atoms with Gasteiger partial charge in [-0.25, -0.2) is 0 Å². The van der Waals surface area contributed by atoms with Crippen LogP contribution in [0.25, 0.3) is 0 Å². The van der Waals surface area contributed by atoms with E-state index >= 15 is 0 Å². The summed E-state index contributed by atoms with van der Waals surface area (Å²) in [6.45, 7) is 4.54. The van der Waals surface area contributed by atoms with Crippen molar-refractivity contribution in [2.45, 2.75) is 58.0 Å². The van der Waals surface area contributed by atoms with Crippen LogP contribution in [0.5, 0.6) is 0 Å². The van der Waals surface area contributed by atoms with Crippen LogP contribution >= 0.6 is 0 Å². The van der Waals surface area contributed by atoms with Crippen molar-refractivity contribution < 1.29 is 0 Å². The van der Waals surface area contributed by atoms with Crippen LogP contribution in [0.4, 0.5) is 0 Å². The van der Waals surface area contributed by atoms with Crippen molar-refractivity contribution in [1.29, 1.82) is 0 Å². The Morgan fingerprint density at radius 2 is 2.31 bits per heavy atom. The molecule has 1 rings (SSSR count). The summed E-state index contributed by atoms with van der Waals surface area (Å²) in [4.78, 5) is 0. The van der Waals surface area contributed by atoms with E-state index in [0.29, 0.717) is 6.04 Å². The molecule has 0 aromatic carbocycles. The van der Waals surface area contributed by atoms with Crippen LogP contribution in [-0.4, -0.2) is 12.1 Å². The van der Waals surface area contributed by atoms with Gasteiger partial charge in [-0.2, -0.15) is 0 Å². The zero-order valence-corrected chi connectivity index (χ0v) is 8.84. The van der Waals surface area contributed by atoms with Crippen LogP contribution in [0.2, 0.25) is 0 Å². The summed E-state index contributed by atoms with van der Waals surface area (Å²) in [5.74, 6) is 3.58. The van der Waals surface area contributed by atoms with E-state index < -0.39 is 0 Å². The molecule has 0 bridgehead atoms. The molecule has 0 aromatic rings. The van der Waals surface area contributed by atoms with E-state index in [0.717, 1.165) is 24.8 Å². The average Bonchev–Trinajstić information content (AvgIpc) is 2.51. The van der Waals surface area contributed by atoms with Gasteiger partial charge < -0.3 is 5.32 Å². The van der Waals surface area contributed by atoms with Gasteiger partial charge in [0.2, 0.25) is 0 Å². The second-order valence-electron chi connectivity index (χ2n) is 4.19. The van der Waals surface area contributed by atoms with Crippen LogP contribution in [0.3, 0.4) is 0 Å². The molecule has 0 spiro atoms. The Kier molecular flexibility index (Phi) is 4.32. The summed E-state index contributed by atoms with van der Waals surface area (Å²) in [5.41, 5.74) is 0. The van der Waals surface area contributed by atoms with Gasteiger partial charge >= 0.3 is 0 Å². The van der Waals surface area contributed by atoms with E-state index in [1.807, 2.05) is 0 Å². The van der Waals surface area contributed by atoms with Crippen LogP contribution in [0.15, 0.2) is 0 Å². The highest BCUT2D eigenvalue weighted by molar-refractivity contribution is 4.92. The van der Waals surface area contributed by atoms with E-state index in [1.165, 1.54) is 19.3 Å². The first kappa shape index (κ1) is 10.6. The standard InChI is InChI=1S/C12H21N/c1-4-7-11(5-2)13-12-9-6-8-10(12)3/h1,10-13H,5-9H2,2-3H3. The zero-order valence-electron chi connectivity index (χ0n) is 8.84. The first-order valence-corrected chi connectivity index (χ1v) is 5.47. The molecule has 0 saturated heterocycles. The lowest BCUT2D eigenvalue weighted by molar-refractivity contribution is 0.367. The molecular weight excluding hydrogens is 158 g/mol. The van der Waals surface area contributed by atoms with Crippen molar-refractivity contribution in [3.63, 3.8) is 0 Å². The summed E-state index contributed by atoms with van der Waals surface area (Å²) in [5, 5.41) is 3.67. The maximum absolute atomic E-state index is 5.32. The third-order valence-corrected chi connectivity index (χ3v) is 3.17. The number of terminal acetylenes is 1. The molecule has 0 aromatic heterocycles. The second-order valence-corrected chi connectivity index (χ2v) is 4.19. The van der Waals surface area contributed by atoms with Crippen molar-refractivity contribution in [3.05, 3.63) is 0 Å². The van der Waals surface area contributed by atoms with E-state index in [4.69, 9.17) is 6.42 Å². The third kappa shape index (κ3) is 3.04. The van der Waals surface area contributed by atoms with Gasteiger partial charge in [0.1, 0.15) is 0 Å². The van der Waals surface area contributed by atoms with Crippen LogP contribution in [0.1, 0.15) is 46.0 Å². The molecule has 1 aliphatic rings. The molecule has 0 heterocycles. The minimum atomic E-state index is 0.538. The monoisotopic (exact) mass is 179 g/mol. The van der Waals surface area contributed by atoms with Crippen LogP contribution in [0, 0.1) is 18.3 Å². The highest BCUT2D eigenvalue weighted by atomic mass is 15.0. The number of nitrogens with one attached hydrogen (secondary N) is 1. The van der Waals surface area contributed by atoms with Gasteiger partial charge in [0, 0.05) is 18.5 Å². The largest absolute Gasteiger partial charge is 0.310 e. The van der Waals surface area contributed by atoms with Gasteiger partial charge in [-0.05, 0) is 25.2 Å². The minimum Gasteiger partial charge on any atom is -0.310 e. The van der Waals surface area contributed by atoms with Gasteiger partial charge in [-0.3, -0.25) is 0 Å². The molecule has 74 valence electrons. The first-order valence-electron chi connectivity index (χ1n) is 5.47. The van der Waals surface area contributed by atoms with Crippen molar-refractivity contribution in [2.75, 3.05) is 0 Å². The molecule has 1 heteroatoms. The summed E-state index contributed by atoms with van der Waals surface area (Å²) in [6.07, 6.45) is 11.4. The van der Waals surface area contributed by atoms with Crippen molar-refractivity contribution in [1.82, 2.24) is 5.32 Å². The predicted octanol–water partition coefficient (Wildman–Crippen LogP) is 2.57. The number of rotatable bonds is 4. The highest BCUT2D eigenvalue weighted by Gasteiger charge is 2.24. The molecule has 3 atom stereocenters. The van der Waals surface area contributed by atoms with Gasteiger partial charge in [0.05, 0.1) is 0 Å². The molecule has 1 nitrogen and oxygen atoms in total. The highest BCUT2D eigenvalue weighted by Crippen LogP contribution is 2.25. The summed E-state index contributed by atoms with van der Waals surface area (Å²) >= 11 is 0. The Balaban J connectivity index is 2.32. The summed E-state index contributed by atoms with van der Waals surface area (Å²) < 4.78 is 0. The molecule has 3 unspecified atom stereocenters. The smallest absolute Gasteiger partial charge is 0.0240 e. The van der Waals surface area contributed by atoms with Gasteiger partial charge in [0.15, 0.2) is 0 Å². The van der Waals surface area contributed by atoms with E-state index in [1.54, 1.807) is 0 Å². The normalized spacial score (nSPS) is 29.9.